The molecule has 0 saturated carbocycles. The van der Waals surface area contributed by atoms with E-state index in [9.17, 15) is 4.79 Å². The van der Waals surface area contributed by atoms with Crippen LogP contribution in [0.15, 0.2) is 48.9 Å². The molecule has 0 fully saturated rings. The van der Waals surface area contributed by atoms with E-state index in [1.54, 1.807) is 12.5 Å². The number of rotatable bonds is 5. The van der Waals surface area contributed by atoms with Crippen molar-refractivity contribution < 1.29 is 4.79 Å². The highest BCUT2D eigenvalue weighted by Gasteiger charge is 2.14. The predicted octanol–water partition coefficient (Wildman–Crippen LogP) is 4.04. The molecule has 24 heavy (non-hydrogen) atoms. The molecule has 1 heterocycles. The second-order valence-corrected chi connectivity index (χ2v) is 6.37. The van der Waals surface area contributed by atoms with Gasteiger partial charge in [-0.2, -0.15) is 0 Å². The number of hydrogen-bond donors (Lipinski definition) is 1. The number of carbonyl (C=O) groups is 1. The number of aromatic nitrogens is 2. The molecule has 0 aliphatic heterocycles. The number of amides is 1. The molecule has 1 amide bonds. The standard InChI is InChI=1S/C19H20ClN3O/c1-13(22-19(24)10-7-14-11-21-12-23(14)2)15-8-9-18(20)17-6-4-3-5-16(15)17/h3-6,8-9,11-13H,7,10H2,1-2H3,(H,22,24)/t13-/m0/s1. The summed E-state index contributed by atoms with van der Waals surface area (Å²) in [4.78, 5) is 16.3. The SMILES string of the molecule is C[C@H](NC(=O)CCc1cncn1C)c1ccc(Cl)c2ccccc12. The molecule has 0 aliphatic rings. The van der Waals surface area contributed by atoms with Gasteiger partial charge in [0.15, 0.2) is 0 Å². The first-order valence-corrected chi connectivity index (χ1v) is 8.36. The quantitative estimate of drug-likeness (QED) is 0.761. The number of nitrogens with zero attached hydrogens (tertiary/aromatic N) is 2. The van der Waals surface area contributed by atoms with Crippen LogP contribution in [-0.2, 0) is 18.3 Å². The molecular formula is C19H20ClN3O. The number of imidazole rings is 1. The summed E-state index contributed by atoms with van der Waals surface area (Å²) in [6.07, 6.45) is 4.66. The minimum atomic E-state index is -0.0776. The largest absolute Gasteiger partial charge is 0.350 e. The molecule has 0 spiro atoms. The van der Waals surface area contributed by atoms with E-state index in [2.05, 4.69) is 10.3 Å². The monoisotopic (exact) mass is 341 g/mol. The Hall–Kier alpha value is -2.33. The van der Waals surface area contributed by atoms with Crippen LogP contribution >= 0.6 is 11.6 Å². The van der Waals surface area contributed by atoms with Crippen molar-refractivity contribution in [1.82, 2.24) is 14.9 Å². The zero-order chi connectivity index (χ0) is 17.1. The van der Waals surface area contributed by atoms with E-state index in [1.807, 2.05) is 54.9 Å². The van der Waals surface area contributed by atoms with Crippen LogP contribution < -0.4 is 5.32 Å². The number of nitrogens with one attached hydrogen (secondary N) is 1. The van der Waals surface area contributed by atoms with Gasteiger partial charge in [0.1, 0.15) is 0 Å². The van der Waals surface area contributed by atoms with Crippen molar-refractivity contribution in [2.24, 2.45) is 7.05 Å². The second kappa shape index (κ2) is 7.05. The Balaban J connectivity index is 1.71. The van der Waals surface area contributed by atoms with Crippen LogP contribution in [0, 0.1) is 0 Å². The molecular weight excluding hydrogens is 322 g/mol. The van der Waals surface area contributed by atoms with Gasteiger partial charge in [0.05, 0.1) is 12.4 Å². The third-order valence-corrected chi connectivity index (χ3v) is 4.60. The van der Waals surface area contributed by atoms with Gasteiger partial charge in [0.25, 0.3) is 0 Å². The zero-order valence-corrected chi connectivity index (χ0v) is 14.5. The van der Waals surface area contributed by atoms with Gasteiger partial charge in [0.2, 0.25) is 5.91 Å². The van der Waals surface area contributed by atoms with Gasteiger partial charge in [-0.05, 0) is 30.4 Å². The summed E-state index contributed by atoms with van der Waals surface area (Å²) >= 11 is 6.27. The van der Waals surface area contributed by atoms with Crippen LogP contribution in [0.4, 0.5) is 0 Å². The highest BCUT2D eigenvalue weighted by molar-refractivity contribution is 6.35. The van der Waals surface area contributed by atoms with Gasteiger partial charge in [-0.3, -0.25) is 4.79 Å². The van der Waals surface area contributed by atoms with Gasteiger partial charge in [-0.15, -0.1) is 0 Å². The van der Waals surface area contributed by atoms with E-state index in [4.69, 9.17) is 11.6 Å². The summed E-state index contributed by atoms with van der Waals surface area (Å²) in [5.41, 5.74) is 2.12. The Morgan fingerprint density at radius 1 is 1.25 bits per heavy atom. The first-order valence-electron chi connectivity index (χ1n) is 7.98. The van der Waals surface area contributed by atoms with Crippen LogP contribution in [0.25, 0.3) is 10.8 Å². The third-order valence-electron chi connectivity index (χ3n) is 4.27. The number of aryl methyl sites for hydroxylation is 2. The molecule has 0 saturated heterocycles. The number of halogens is 1. The molecule has 3 aromatic rings. The van der Waals surface area contributed by atoms with Crippen LogP contribution in [0.2, 0.25) is 5.02 Å². The van der Waals surface area contributed by atoms with Crippen molar-refractivity contribution in [2.45, 2.75) is 25.8 Å². The molecule has 0 unspecified atom stereocenters. The van der Waals surface area contributed by atoms with Gasteiger partial charge < -0.3 is 9.88 Å². The smallest absolute Gasteiger partial charge is 0.220 e. The molecule has 1 N–H and O–H groups in total. The van der Waals surface area contributed by atoms with E-state index >= 15 is 0 Å². The summed E-state index contributed by atoms with van der Waals surface area (Å²) in [6.45, 7) is 2.00. The Morgan fingerprint density at radius 3 is 2.71 bits per heavy atom. The van der Waals surface area contributed by atoms with Crippen molar-refractivity contribution in [3.05, 3.63) is 65.2 Å². The van der Waals surface area contributed by atoms with E-state index < -0.39 is 0 Å². The first kappa shape index (κ1) is 16.5. The Labute approximate surface area is 146 Å². The van der Waals surface area contributed by atoms with Crippen molar-refractivity contribution in [3.8, 4) is 0 Å². The van der Waals surface area contributed by atoms with E-state index in [1.165, 1.54) is 0 Å². The summed E-state index contributed by atoms with van der Waals surface area (Å²) in [5, 5.41) is 5.88. The number of fused-ring (bicyclic) bond motifs is 1. The maximum atomic E-state index is 12.3. The normalized spacial score (nSPS) is 12.3. The molecule has 3 rings (SSSR count). The minimum absolute atomic E-state index is 0.0303. The first-order chi connectivity index (χ1) is 11.6. The molecule has 5 heteroatoms. The number of carbonyl (C=O) groups excluding carboxylic acids is 1. The van der Waals surface area contributed by atoms with E-state index in [-0.39, 0.29) is 11.9 Å². The summed E-state index contributed by atoms with van der Waals surface area (Å²) in [6, 6.07) is 11.8. The predicted molar refractivity (Wildman–Crippen MR) is 97.0 cm³/mol. The Bertz CT molecular complexity index is 872. The summed E-state index contributed by atoms with van der Waals surface area (Å²) in [5.74, 6) is 0.0303. The average Bonchev–Trinajstić information content (AvgIpc) is 2.98. The third kappa shape index (κ3) is 3.44. The second-order valence-electron chi connectivity index (χ2n) is 5.97. The van der Waals surface area contributed by atoms with Crippen LogP contribution in [0.1, 0.15) is 30.6 Å². The topological polar surface area (TPSA) is 46.9 Å². The maximum Gasteiger partial charge on any atom is 0.220 e. The van der Waals surface area contributed by atoms with Crippen LogP contribution in [0.5, 0.6) is 0 Å². The fourth-order valence-corrected chi connectivity index (χ4v) is 3.15. The van der Waals surface area contributed by atoms with Crippen molar-refractivity contribution >= 4 is 28.3 Å². The van der Waals surface area contributed by atoms with Crippen molar-refractivity contribution in [2.75, 3.05) is 0 Å². The molecule has 0 bridgehead atoms. The van der Waals surface area contributed by atoms with E-state index in [0.29, 0.717) is 12.8 Å². The van der Waals surface area contributed by atoms with Gasteiger partial charge in [-0.1, -0.05) is 41.9 Å². The zero-order valence-electron chi connectivity index (χ0n) is 13.8. The molecule has 1 atom stereocenters. The number of benzene rings is 2. The minimum Gasteiger partial charge on any atom is -0.350 e. The molecule has 0 radical (unpaired) electrons. The highest BCUT2D eigenvalue weighted by atomic mass is 35.5. The van der Waals surface area contributed by atoms with E-state index in [0.717, 1.165) is 27.1 Å². The molecule has 2 aromatic carbocycles. The van der Waals surface area contributed by atoms with Crippen molar-refractivity contribution in [1.29, 1.82) is 0 Å². The summed E-state index contributed by atoms with van der Waals surface area (Å²) < 4.78 is 1.93. The number of hydrogen-bond acceptors (Lipinski definition) is 2. The summed E-state index contributed by atoms with van der Waals surface area (Å²) in [7, 11) is 1.93. The molecule has 124 valence electrons. The maximum absolute atomic E-state index is 12.3. The lowest BCUT2D eigenvalue weighted by atomic mass is 9.99. The Kier molecular flexibility index (Phi) is 4.86. The molecule has 0 aliphatic carbocycles. The molecule has 1 aromatic heterocycles. The fourth-order valence-electron chi connectivity index (χ4n) is 2.92. The van der Waals surface area contributed by atoms with Crippen LogP contribution in [0.3, 0.4) is 0 Å². The molecule has 4 nitrogen and oxygen atoms in total. The van der Waals surface area contributed by atoms with Crippen LogP contribution in [-0.4, -0.2) is 15.5 Å². The fraction of sp³-hybridized carbons (Fsp3) is 0.263. The average molecular weight is 342 g/mol. The van der Waals surface area contributed by atoms with Gasteiger partial charge in [-0.25, -0.2) is 4.98 Å². The van der Waals surface area contributed by atoms with Gasteiger partial charge in [0, 0.05) is 35.8 Å². The highest BCUT2D eigenvalue weighted by Crippen LogP contribution is 2.29. The van der Waals surface area contributed by atoms with Crippen molar-refractivity contribution in [3.63, 3.8) is 0 Å². The lowest BCUT2D eigenvalue weighted by molar-refractivity contribution is -0.121. The Morgan fingerprint density at radius 2 is 2.00 bits per heavy atom. The lowest BCUT2D eigenvalue weighted by Crippen LogP contribution is -2.27. The van der Waals surface area contributed by atoms with Gasteiger partial charge >= 0.3 is 0 Å². The lowest BCUT2D eigenvalue weighted by Gasteiger charge is -2.17.